The lowest BCUT2D eigenvalue weighted by Gasteiger charge is -2.24. The first-order chi connectivity index (χ1) is 16.3. The van der Waals surface area contributed by atoms with Gasteiger partial charge in [-0.15, -0.1) is 0 Å². The van der Waals surface area contributed by atoms with Crippen molar-refractivity contribution in [1.82, 2.24) is 4.90 Å². The molecule has 2 amide bonds. The van der Waals surface area contributed by atoms with Crippen molar-refractivity contribution in [2.24, 2.45) is 0 Å². The Kier molecular flexibility index (Phi) is 8.44. The maximum atomic E-state index is 13.2. The van der Waals surface area contributed by atoms with Crippen LogP contribution in [0.3, 0.4) is 0 Å². The van der Waals surface area contributed by atoms with Crippen LogP contribution in [0.15, 0.2) is 77.7 Å². The second-order valence-electron chi connectivity index (χ2n) is 7.14. The van der Waals surface area contributed by atoms with Crippen LogP contribution in [-0.2, 0) is 21.4 Å². The van der Waals surface area contributed by atoms with Gasteiger partial charge in [-0.05, 0) is 42.5 Å². The molecule has 0 aliphatic carbocycles. The molecule has 3 aromatic carbocycles. The first kappa shape index (κ1) is 25.0. The SMILES string of the molecule is COCCN(Cc1ccccc1OS(=O)(=O)c1ccc(F)cc1)C(=O)Nc1ccccc1OC. The van der Waals surface area contributed by atoms with E-state index in [4.69, 9.17) is 13.7 Å². The van der Waals surface area contributed by atoms with Crippen LogP contribution in [0, 0.1) is 5.82 Å². The van der Waals surface area contributed by atoms with Crippen LogP contribution in [0.2, 0.25) is 0 Å². The first-order valence-electron chi connectivity index (χ1n) is 10.3. The van der Waals surface area contributed by atoms with Gasteiger partial charge in [0.15, 0.2) is 0 Å². The van der Waals surface area contributed by atoms with Crippen LogP contribution in [0.5, 0.6) is 11.5 Å². The third-order valence-electron chi connectivity index (χ3n) is 4.84. The van der Waals surface area contributed by atoms with E-state index in [0.29, 0.717) is 17.0 Å². The predicted molar refractivity (Wildman–Crippen MR) is 125 cm³/mol. The largest absolute Gasteiger partial charge is 0.495 e. The van der Waals surface area contributed by atoms with E-state index in [-0.39, 0.29) is 30.3 Å². The van der Waals surface area contributed by atoms with Crippen molar-refractivity contribution < 1.29 is 31.3 Å². The predicted octanol–water partition coefficient (Wildman–Crippen LogP) is 4.28. The van der Waals surface area contributed by atoms with Crippen LogP contribution in [0.4, 0.5) is 14.9 Å². The average Bonchev–Trinajstić information content (AvgIpc) is 2.83. The van der Waals surface area contributed by atoms with Crippen LogP contribution in [0.25, 0.3) is 0 Å². The molecule has 34 heavy (non-hydrogen) atoms. The van der Waals surface area contributed by atoms with Crippen LogP contribution < -0.4 is 14.2 Å². The molecule has 8 nitrogen and oxygen atoms in total. The molecule has 3 aromatic rings. The molecular formula is C24H25FN2O6S. The number of carbonyl (C=O) groups excluding carboxylic acids is 1. The maximum absolute atomic E-state index is 13.2. The molecule has 0 unspecified atom stereocenters. The van der Waals surface area contributed by atoms with Gasteiger partial charge in [0.25, 0.3) is 0 Å². The molecule has 0 aliphatic heterocycles. The van der Waals surface area contributed by atoms with Gasteiger partial charge in [0, 0.05) is 19.2 Å². The molecule has 10 heteroatoms. The summed E-state index contributed by atoms with van der Waals surface area (Å²) in [7, 11) is -1.19. The number of hydrogen-bond donors (Lipinski definition) is 1. The van der Waals surface area contributed by atoms with Gasteiger partial charge in [-0.25, -0.2) is 9.18 Å². The Labute approximate surface area is 198 Å². The second-order valence-corrected chi connectivity index (χ2v) is 8.69. The van der Waals surface area contributed by atoms with Crippen molar-refractivity contribution in [2.75, 3.05) is 32.7 Å². The van der Waals surface area contributed by atoms with Gasteiger partial charge in [-0.1, -0.05) is 30.3 Å². The van der Waals surface area contributed by atoms with Crippen molar-refractivity contribution >= 4 is 21.8 Å². The summed E-state index contributed by atoms with van der Waals surface area (Å²) in [5.74, 6) is -0.00908. The Morgan fingerprint density at radius 1 is 0.941 bits per heavy atom. The molecule has 0 fully saturated rings. The number of urea groups is 1. The Morgan fingerprint density at radius 3 is 2.26 bits per heavy atom. The molecule has 180 valence electrons. The average molecular weight is 489 g/mol. The van der Waals surface area contributed by atoms with E-state index in [9.17, 15) is 17.6 Å². The Morgan fingerprint density at radius 2 is 1.59 bits per heavy atom. The lowest BCUT2D eigenvalue weighted by atomic mass is 10.2. The molecule has 0 heterocycles. The monoisotopic (exact) mass is 488 g/mol. The zero-order valence-electron chi connectivity index (χ0n) is 18.7. The number of halogens is 1. The van der Waals surface area contributed by atoms with Crippen LogP contribution >= 0.6 is 0 Å². The van der Waals surface area contributed by atoms with E-state index in [1.54, 1.807) is 42.5 Å². The molecule has 3 rings (SSSR count). The van der Waals surface area contributed by atoms with Gasteiger partial charge in [0.1, 0.15) is 22.2 Å². The van der Waals surface area contributed by atoms with Crippen LogP contribution in [-0.4, -0.2) is 46.7 Å². The fourth-order valence-electron chi connectivity index (χ4n) is 3.09. The molecule has 0 aromatic heterocycles. The number of anilines is 1. The second kappa shape index (κ2) is 11.5. The van der Waals surface area contributed by atoms with Gasteiger partial charge in [0.2, 0.25) is 0 Å². The van der Waals surface area contributed by atoms with E-state index in [0.717, 1.165) is 24.3 Å². The van der Waals surface area contributed by atoms with E-state index < -0.39 is 22.0 Å². The Hall–Kier alpha value is -3.63. The fraction of sp³-hybridized carbons (Fsp3) is 0.208. The summed E-state index contributed by atoms with van der Waals surface area (Å²) in [4.78, 5) is 14.3. The fourth-order valence-corrected chi connectivity index (χ4v) is 4.05. The van der Waals surface area contributed by atoms with Crippen LogP contribution in [0.1, 0.15) is 5.56 Å². The van der Waals surface area contributed by atoms with Gasteiger partial charge >= 0.3 is 16.1 Å². The van der Waals surface area contributed by atoms with Gasteiger partial charge < -0.3 is 23.9 Å². The molecule has 0 atom stereocenters. The number of nitrogens with one attached hydrogen (secondary N) is 1. The number of carbonyl (C=O) groups is 1. The smallest absolute Gasteiger partial charge is 0.339 e. The lowest BCUT2D eigenvalue weighted by molar-refractivity contribution is 0.152. The zero-order chi connectivity index (χ0) is 24.6. The van der Waals surface area contributed by atoms with Crippen molar-refractivity contribution in [3.63, 3.8) is 0 Å². The highest BCUT2D eigenvalue weighted by molar-refractivity contribution is 7.87. The molecule has 0 radical (unpaired) electrons. The number of para-hydroxylation sites is 3. The number of methoxy groups -OCH3 is 2. The minimum Gasteiger partial charge on any atom is -0.495 e. The summed E-state index contributed by atoms with van der Waals surface area (Å²) < 4.78 is 54.3. The number of amides is 2. The molecule has 0 aliphatic rings. The summed E-state index contributed by atoms with van der Waals surface area (Å²) in [6.45, 7) is 0.534. The topological polar surface area (TPSA) is 94.2 Å². The van der Waals surface area contributed by atoms with E-state index >= 15 is 0 Å². The third-order valence-corrected chi connectivity index (χ3v) is 6.09. The summed E-state index contributed by atoms with van der Waals surface area (Å²) in [5, 5.41) is 2.80. The Balaban J connectivity index is 1.83. The molecule has 0 spiro atoms. The lowest BCUT2D eigenvalue weighted by Crippen LogP contribution is -2.37. The first-order valence-corrected chi connectivity index (χ1v) is 11.7. The summed E-state index contributed by atoms with van der Waals surface area (Å²) >= 11 is 0. The highest BCUT2D eigenvalue weighted by atomic mass is 32.2. The van der Waals surface area contributed by atoms with Crippen molar-refractivity contribution in [2.45, 2.75) is 11.4 Å². The third kappa shape index (κ3) is 6.46. The molecule has 0 bridgehead atoms. The Bertz CT molecular complexity index is 1220. The van der Waals surface area contributed by atoms with Crippen molar-refractivity contribution in [3.8, 4) is 11.5 Å². The van der Waals surface area contributed by atoms with Gasteiger partial charge in [-0.2, -0.15) is 8.42 Å². The van der Waals surface area contributed by atoms with Gasteiger partial charge in [0.05, 0.1) is 25.9 Å². The van der Waals surface area contributed by atoms with E-state index in [1.807, 2.05) is 0 Å². The summed E-state index contributed by atoms with van der Waals surface area (Å²) in [5.41, 5.74) is 0.945. The minimum absolute atomic E-state index is 0.0411. The van der Waals surface area contributed by atoms with Crippen molar-refractivity contribution in [3.05, 3.63) is 84.2 Å². The summed E-state index contributed by atoms with van der Waals surface area (Å²) in [6, 6.07) is 17.3. The van der Waals surface area contributed by atoms with E-state index in [2.05, 4.69) is 5.32 Å². The normalized spacial score (nSPS) is 11.0. The number of benzene rings is 3. The molecule has 0 saturated heterocycles. The molecule has 1 N–H and O–H groups in total. The molecule has 0 saturated carbocycles. The number of rotatable bonds is 10. The highest BCUT2D eigenvalue weighted by Gasteiger charge is 2.21. The summed E-state index contributed by atoms with van der Waals surface area (Å²) in [6.07, 6.45) is 0. The number of hydrogen-bond acceptors (Lipinski definition) is 6. The van der Waals surface area contributed by atoms with Gasteiger partial charge in [-0.3, -0.25) is 0 Å². The standard InChI is InChI=1S/C24H25FN2O6S/c1-31-16-15-27(24(28)26-21-8-4-6-10-23(21)32-2)17-18-7-3-5-9-22(18)33-34(29,30)20-13-11-19(25)12-14-20/h3-14H,15-17H2,1-2H3,(H,26,28). The zero-order valence-corrected chi connectivity index (χ0v) is 19.5. The minimum atomic E-state index is -4.21. The quantitative estimate of drug-likeness (QED) is 0.428. The molecular weight excluding hydrogens is 463 g/mol. The number of nitrogens with zero attached hydrogens (tertiary/aromatic N) is 1. The number of ether oxygens (including phenoxy) is 2. The van der Waals surface area contributed by atoms with E-state index in [1.165, 1.54) is 25.2 Å². The van der Waals surface area contributed by atoms with Crippen molar-refractivity contribution in [1.29, 1.82) is 0 Å². The highest BCUT2D eigenvalue weighted by Crippen LogP contribution is 2.26. The maximum Gasteiger partial charge on any atom is 0.339 e.